The zero-order chi connectivity index (χ0) is 24.7. The van der Waals surface area contributed by atoms with E-state index >= 15 is 0 Å². The van der Waals surface area contributed by atoms with Crippen LogP contribution in [0.1, 0.15) is 74.9 Å². The molecule has 34 heavy (non-hydrogen) atoms. The number of allylic oxidation sites excluding steroid dienone is 3. The maximum atomic E-state index is 11.9. The lowest BCUT2D eigenvalue weighted by molar-refractivity contribution is 0.0696. The zero-order valence-electron chi connectivity index (χ0n) is 21.2. The van der Waals surface area contributed by atoms with Gasteiger partial charge >= 0.3 is 5.97 Å². The molecule has 1 aliphatic carbocycles. The van der Waals surface area contributed by atoms with Gasteiger partial charge in [0.1, 0.15) is 5.75 Å². The van der Waals surface area contributed by atoms with Gasteiger partial charge in [-0.25, -0.2) is 4.79 Å². The molecule has 0 fully saturated rings. The molecule has 0 radical (unpaired) electrons. The van der Waals surface area contributed by atoms with Crippen LogP contribution in [0.15, 0.2) is 72.8 Å². The molecule has 3 rings (SSSR count). The number of hydrogen-bond acceptors (Lipinski definition) is 3. The van der Waals surface area contributed by atoms with Gasteiger partial charge in [0.05, 0.1) is 12.2 Å². The van der Waals surface area contributed by atoms with Gasteiger partial charge in [0.25, 0.3) is 0 Å². The van der Waals surface area contributed by atoms with Crippen LogP contribution >= 0.6 is 0 Å². The Hall–Kier alpha value is -2.85. The van der Waals surface area contributed by atoms with Crippen molar-refractivity contribution in [3.05, 3.63) is 89.5 Å². The molecule has 182 valence electrons. The van der Waals surface area contributed by atoms with Gasteiger partial charge in [0.2, 0.25) is 0 Å². The maximum Gasteiger partial charge on any atom is 0.335 e. The predicted molar refractivity (Wildman–Crippen MR) is 140 cm³/mol. The molecule has 2 atom stereocenters. The second-order valence-electron chi connectivity index (χ2n) is 10.2. The Bertz CT molecular complexity index is 1000. The number of nitrogens with zero attached hydrogens (tertiary/aromatic N) is 1. The van der Waals surface area contributed by atoms with E-state index in [0.717, 1.165) is 30.7 Å². The number of carbonyl (C=O) groups is 1. The Balaban J connectivity index is 1.98. The fourth-order valence-corrected chi connectivity index (χ4v) is 4.78. The third kappa shape index (κ3) is 6.60. The number of ether oxygens (including phenoxy) is 1. The van der Waals surface area contributed by atoms with Crippen molar-refractivity contribution in [2.75, 3.05) is 13.2 Å². The number of rotatable bonds is 11. The molecule has 0 aliphatic heterocycles. The van der Waals surface area contributed by atoms with Crippen molar-refractivity contribution in [1.82, 2.24) is 4.90 Å². The summed E-state index contributed by atoms with van der Waals surface area (Å²) in [6.45, 7) is 12.5. The Morgan fingerprint density at radius 2 is 1.76 bits per heavy atom. The number of benzene rings is 2. The molecule has 0 bridgehead atoms. The number of hydrogen-bond donors (Lipinski definition) is 1. The summed E-state index contributed by atoms with van der Waals surface area (Å²) in [6, 6.07) is 16.5. The van der Waals surface area contributed by atoms with Crippen LogP contribution in [0.4, 0.5) is 0 Å². The van der Waals surface area contributed by atoms with Gasteiger partial charge in [-0.1, -0.05) is 61.6 Å². The molecule has 0 amide bonds. The van der Waals surface area contributed by atoms with Crippen LogP contribution in [0, 0.1) is 5.41 Å². The van der Waals surface area contributed by atoms with Gasteiger partial charge in [0, 0.05) is 29.0 Å². The minimum absolute atomic E-state index is 0.0325. The minimum Gasteiger partial charge on any atom is -0.492 e. The summed E-state index contributed by atoms with van der Waals surface area (Å²) < 4.78 is 6.43. The SMILES string of the molecule is CC(C)N(CCC(c1ccccc1)c1cc(C(=O)O)ccc1OCC1(C)C=CC=CC1)C(C)C. The Kier molecular flexibility index (Phi) is 8.73. The highest BCUT2D eigenvalue weighted by Crippen LogP contribution is 2.37. The fraction of sp³-hybridized carbons (Fsp3) is 0.433. The molecule has 2 aromatic rings. The van der Waals surface area contributed by atoms with Crippen molar-refractivity contribution in [1.29, 1.82) is 0 Å². The summed E-state index contributed by atoms with van der Waals surface area (Å²) in [4.78, 5) is 14.3. The predicted octanol–water partition coefficient (Wildman–Crippen LogP) is 6.93. The smallest absolute Gasteiger partial charge is 0.335 e. The zero-order valence-corrected chi connectivity index (χ0v) is 21.2. The molecule has 4 heteroatoms. The van der Waals surface area contributed by atoms with Crippen molar-refractivity contribution in [3.8, 4) is 5.75 Å². The highest BCUT2D eigenvalue weighted by molar-refractivity contribution is 5.88. The van der Waals surface area contributed by atoms with Crippen LogP contribution < -0.4 is 4.74 Å². The van der Waals surface area contributed by atoms with Gasteiger partial charge < -0.3 is 9.84 Å². The summed E-state index contributed by atoms with van der Waals surface area (Å²) in [6.07, 6.45) is 10.3. The molecule has 4 nitrogen and oxygen atoms in total. The van der Waals surface area contributed by atoms with E-state index in [0.29, 0.717) is 24.3 Å². The normalized spacial score (nSPS) is 18.6. The first kappa shape index (κ1) is 25.8. The molecular formula is C30H39NO3. The summed E-state index contributed by atoms with van der Waals surface area (Å²) in [5.74, 6) is -0.119. The first-order valence-corrected chi connectivity index (χ1v) is 12.4. The van der Waals surface area contributed by atoms with Gasteiger partial charge in [-0.15, -0.1) is 0 Å². The third-order valence-electron chi connectivity index (χ3n) is 6.72. The molecule has 1 aliphatic rings. The highest BCUT2D eigenvalue weighted by atomic mass is 16.5. The maximum absolute atomic E-state index is 11.9. The largest absolute Gasteiger partial charge is 0.492 e. The van der Waals surface area contributed by atoms with E-state index in [9.17, 15) is 9.90 Å². The summed E-state index contributed by atoms with van der Waals surface area (Å²) in [5.41, 5.74) is 2.33. The lowest BCUT2D eigenvalue weighted by Crippen LogP contribution is -2.38. The van der Waals surface area contributed by atoms with Crippen molar-refractivity contribution in [2.24, 2.45) is 5.41 Å². The van der Waals surface area contributed by atoms with Crippen LogP contribution in [0.3, 0.4) is 0 Å². The molecule has 0 saturated carbocycles. The molecular weight excluding hydrogens is 422 g/mol. The second-order valence-corrected chi connectivity index (χ2v) is 10.2. The third-order valence-corrected chi connectivity index (χ3v) is 6.72. The van der Waals surface area contributed by atoms with E-state index in [1.165, 1.54) is 5.56 Å². The van der Waals surface area contributed by atoms with Gasteiger partial charge in [-0.2, -0.15) is 0 Å². The van der Waals surface area contributed by atoms with E-state index in [1.807, 2.05) is 30.3 Å². The number of carboxylic acids is 1. The summed E-state index contributed by atoms with van der Waals surface area (Å²) >= 11 is 0. The first-order valence-electron chi connectivity index (χ1n) is 12.4. The lowest BCUT2D eigenvalue weighted by Gasteiger charge is -2.33. The van der Waals surface area contributed by atoms with Crippen LogP contribution in [0.5, 0.6) is 5.75 Å². The van der Waals surface area contributed by atoms with Crippen LogP contribution in [-0.2, 0) is 0 Å². The molecule has 0 saturated heterocycles. The van der Waals surface area contributed by atoms with E-state index in [4.69, 9.17) is 4.74 Å². The Morgan fingerprint density at radius 3 is 2.35 bits per heavy atom. The van der Waals surface area contributed by atoms with E-state index in [-0.39, 0.29) is 11.3 Å². The van der Waals surface area contributed by atoms with E-state index < -0.39 is 5.97 Å². The van der Waals surface area contributed by atoms with Crippen molar-refractivity contribution < 1.29 is 14.6 Å². The van der Waals surface area contributed by atoms with Crippen molar-refractivity contribution in [3.63, 3.8) is 0 Å². The van der Waals surface area contributed by atoms with Crippen molar-refractivity contribution >= 4 is 5.97 Å². The summed E-state index contributed by atoms with van der Waals surface area (Å²) in [7, 11) is 0. The molecule has 2 aromatic carbocycles. The van der Waals surface area contributed by atoms with E-state index in [1.54, 1.807) is 6.07 Å². The lowest BCUT2D eigenvalue weighted by atomic mass is 9.84. The highest BCUT2D eigenvalue weighted by Gasteiger charge is 2.26. The second kappa shape index (κ2) is 11.5. The van der Waals surface area contributed by atoms with Crippen LogP contribution in [0.25, 0.3) is 0 Å². The average molecular weight is 462 g/mol. The van der Waals surface area contributed by atoms with Crippen molar-refractivity contribution in [2.45, 2.75) is 65.5 Å². The Labute approximate surface area is 205 Å². The monoisotopic (exact) mass is 461 g/mol. The summed E-state index contributed by atoms with van der Waals surface area (Å²) in [5, 5.41) is 9.73. The van der Waals surface area contributed by atoms with Crippen LogP contribution in [0.2, 0.25) is 0 Å². The molecule has 0 spiro atoms. The molecule has 0 aromatic heterocycles. The molecule has 2 unspecified atom stereocenters. The Morgan fingerprint density at radius 1 is 1.06 bits per heavy atom. The molecule has 0 heterocycles. The number of carboxylic acid groups (broad SMARTS) is 1. The fourth-order valence-electron chi connectivity index (χ4n) is 4.78. The van der Waals surface area contributed by atoms with Gasteiger partial charge in [-0.05, 0) is 70.8 Å². The quantitative estimate of drug-likeness (QED) is 0.394. The average Bonchev–Trinajstić information content (AvgIpc) is 2.81. The van der Waals surface area contributed by atoms with Gasteiger partial charge in [0.15, 0.2) is 0 Å². The minimum atomic E-state index is -0.919. The van der Waals surface area contributed by atoms with E-state index in [2.05, 4.69) is 76.0 Å². The van der Waals surface area contributed by atoms with Gasteiger partial charge in [-0.3, -0.25) is 4.90 Å². The standard InChI is InChI=1S/C30H39NO3/c1-22(2)31(23(3)4)19-16-26(24-12-8-6-9-13-24)27-20-25(29(32)33)14-15-28(27)34-21-30(5)17-10-7-11-18-30/h6-15,17,20,22-23,26H,16,18-19,21H2,1-5H3,(H,32,33). The topological polar surface area (TPSA) is 49.8 Å². The first-order chi connectivity index (χ1) is 16.2. The number of aromatic carboxylic acids is 1. The molecule has 1 N–H and O–H groups in total. The van der Waals surface area contributed by atoms with Crippen LogP contribution in [-0.4, -0.2) is 41.2 Å².